The molecule has 1 heterocycles. The van der Waals surface area contributed by atoms with E-state index in [1.807, 2.05) is 6.92 Å². The molecule has 3 aromatic rings. The average molecular weight is 489 g/mol. The molecule has 8 nitrogen and oxygen atoms in total. The summed E-state index contributed by atoms with van der Waals surface area (Å²) in [7, 11) is -4.08. The predicted octanol–water partition coefficient (Wildman–Crippen LogP) is 4.70. The Morgan fingerprint density at radius 1 is 1.12 bits per heavy atom. The van der Waals surface area contributed by atoms with Gasteiger partial charge in [-0.2, -0.15) is 0 Å². The van der Waals surface area contributed by atoms with Crippen molar-refractivity contribution < 1.29 is 27.9 Å². The lowest BCUT2D eigenvalue weighted by atomic mass is 10.2. The van der Waals surface area contributed by atoms with Crippen LogP contribution in [-0.4, -0.2) is 38.0 Å². The van der Waals surface area contributed by atoms with E-state index in [1.54, 1.807) is 38.1 Å². The second kappa shape index (κ2) is 10.1. The van der Waals surface area contributed by atoms with E-state index in [4.69, 9.17) is 9.84 Å². The van der Waals surface area contributed by atoms with Crippen molar-refractivity contribution in [2.45, 2.75) is 31.7 Å². The number of nitrogens with zero attached hydrogens (tertiary/aromatic N) is 1. The molecule has 1 amide bonds. The molecule has 0 saturated heterocycles. The summed E-state index contributed by atoms with van der Waals surface area (Å²) in [4.78, 5) is 24.0. The second-order valence-electron chi connectivity index (χ2n) is 7.28. The Labute approximate surface area is 196 Å². The lowest BCUT2D eigenvalue weighted by Crippen LogP contribution is -2.37. The molecule has 0 bridgehead atoms. The maximum absolute atomic E-state index is 13.6. The summed E-state index contributed by atoms with van der Waals surface area (Å²) in [5.41, 5.74) is 0.706. The van der Waals surface area contributed by atoms with Crippen molar-refractivity contribution in [3.05, 3.63) is 70.4 Å². The van der Waals surface area contributed by atoms with Crippen molar-refractivity contribution in [1.82, 2.24) is 0 Å². The van der Waals surface area contributed by atoms with Crippen molar-refractivity contribution in [3.63, 3.8) is 0 Å². The maximum atomic E-state index is 13.6. The molecule has 174 valence electrons. The number of sulfonamides is 1. The molecule has 2 aromatic carbocycles. The molecule has 0 saturated carbocycles. The van der Waals surface area contributed by atoms with Crippen LogP contribution in [-0.2, 0) is 10.0 Å². The highest BCUT2D eigenvalue weighted by Crippen LogP contribution is 2.32. The summed E-state index contributed by atoms with van der Waals surface area (Å²) in [5, 5.41) is 13.3. The number of aromatic carboxylic acids is 1. The minimum atomic E-state index is -4.08. The van der Waals surface area contributed by atoms with E-state index in [0.29, 0.717) is 18.0 Å². The third-order valence-corrected chi connectivity index (χ3v) is 7.70. The van der Waals surface area contributed by atoms with Crippen molar-refractivity contribution in [2.75, 3.05) is 16.2 Å². The van der Waals surface area contributed by atoms with Gasteiger partial charge in [0, 0.05) is 11.7 Å². The first kappa shape index (κ1) is 24.3. The number of thiophene rings is 1. The zero-order valence-corrected chi connectivity index (χ0v) is 19.9. The average Bonchev–Trinajstić information content (AvgIpc) is 3.26. The highest BCUT2D eigenvalue weighted by Gasteiger charge is 2.32. The second-order valence-corrected chi connectivity index (χ2v) is 9.98. The third kappa shape index (κ3) is 5.35. The number of amides is 1. The van der Waals surface area contributed by atoms with Crippen LogP contribution in [0, 0.1) is 0 Å². The van der Waals surface area contributed by atoms with Gasteiger partial charge in [0.15, 0.2) is 0 Å². The van der Waals surface area contributed by atoms with Gasteiger partial charge < -0.3 is 15.2 Å². The Morgan fingerprint density at radius 3 is 2.42 bits per heavy atom. The van der Waals surface area contributed by atoms with E-state index in [1.165, 1.54) is 40.0 Å². The first-order chi connectivity index (χ1) is 15.6. The van der Waals surface area contributed by atoms with Crippen molar-refractivity contribution in [2.24, 2.45) is 0 Å². The van der Waals surface area contributed by atoms with Crippen LogP contribution < -0.4 is 14.4 Å². The lowest BCUT2D eigenvalue weighted by molar-refractivity contribution is 0.0696. The summed E-state index contributed by atoms with van der Waals surface area (Å²) >= 11 is 0.993. The fourth-order valence-electron chi connectivity index (χ4n) is 3.26. The van der Waals surface area contributed by atoms with Gasteiger partial charge in [-0.05, 0) is 74.7 Å². The number of carboxylic acids is 1. The fourth-order valence-corrected chi connectivity index (χ4v) is 6.22. The van der Waals surface area contributed by atoms with Crippen molar-refractivity contribution in [1.29, 1.82) is 0 Å². The molecule has 0 spiro atoms. The van der Waals surface area contributed by atoms with Crippen LogP contribution in [0.25, 0.3) is 0 Å². The molecular formula is C23H24N2O6S2. The first-order valence-electron chi connectivity index (χ1n) is 10.1. The van der Waals surface area contributed by atoms with Crippen LogP contribution in [0.15, 0.2) is 64.9 Å². The molecule has 33 heavy (non-hydrogen) atoms. The number of anilines is 2. The van der Waals surface area contributed by atoms with Crippen LogP contribution >= 0.6 is 11.3 Å². The Balaban J connectivity index is 1.94. The largest absolute Gasteiger partial charge is 0.494 e. The Bertz CT molecular complexity index is 1250. The fraction of sp³-hybridized carbons (Fsp3) is 0.217. The molecule has 0 fully saturated rings. The van der Waals surface area contributed by atoms with Crippen LogP contribution in [0.5, 0.6) is 5.75 Å². The van der Waals surface area contributed by atoms with Gasteiger partial charge in [-0.1, -0.05) is 6.07 Å². The normalized spacial score (nSPS) is 11.3. The van der Waals surface area contributed by atoms with E-state index in [2.05, 4.69) is 5.32 Å². The zero-order chi connectivity index (χ0) is 24.2. The van der Waals surface area contributed by atoms with E-state index < -0.39 is 27.9 Å². The minimum absolute atomic E-state index is 0.00677. The topological polar surface area (TPSA) is 113 Å². The number of ether oxygens (including phenoxy) is 1. The summed E-state index contributed by atoms with van der Waals surface area (Å²) in [6.45, 7) is 5.85. The third-order valence-electron chi connectivity index (χ3n) is 4.61. The highest BCUT2D eigenvalue weighted by atomic mass is 32.2. The van der Waals surface area contributed by atoms with E-state index in [9.17, 15) is 18.0 Å². The molecule has 0 aliphatic rings. The van der Waals surface area contributed by atoms with Gasteiger partial charge >= 0.3 is 5.97 Å². The van der Waals surface area contributed by atoms with E-state index >= 15 is 0 Å². The van der Waals surface area contributed by atoms with Gasteiger partial charge in [-0.25, -0.2) is 13.2 Å². The SMILES string of the molecule is CCOc1ccc(N(C(C)C)S(=O)(=O)c2ccsc2C(=O)Nc2cccc(C(=O)O)c2)cc1. The molecule has 0 atom stereocenters. The summed E-state index contributed by atoms with van der Waals surface area (Å²) in [5.74, 6) is -1.14. The summed E-state index contributed by atoms with van der Waals surface area (Å²) in [6.07, 6.45) is 0. The summed E-state index contributed by atoms with van der Waals surface area (Å²) in [6, 6.07) is 13.4. The Morgan fingerprint density at radius 2 is 1.82 bits per heavy atom. The van der Waals surface area contributed by atoms with E-state index in [-0.39, 0.29) is 21.0 Å². The van der Waals surface area contributed by atoms with Gasteiger partial charge in [0.25, 0.3) is 15.9 Å². The molecule has 0 unspecified atom stereocenters. The van der Waals surface area contributed by atoms with Gasteiger partial charge in [-0.15, -0.1) is 11.3 Å². The predicted molar refractivity (Wildman–Crippen MR) is 128 cm³/mol. The van der Waals surface area contributed by atoms with Crippen LogP contribution in [0.2, 0.25) is 0 Å². The van der Waals surface area contributed by atoms with Crippen LogP contribution in [0.1, 0.15) is 40.8 Å². The van der Waals surface area contributed by atoms with Crippen LogP contribution in [0.3, 0.4) is 0 Å². The highest BCUT2D eigenvalue weighted by molar-refractivity contribution is 7.93. The Hall–Kier alpha value is -3.37. The number of nitrogens with one attached hydrogen (secondary N) is 1. The summed E-state index contributed by atoms with van der Waals surface area (Å²) < 4.78 is 33.9. The number of benzene rings is 2. The number of carboxylic acid groups (broad SMARTS) is 1. The molecule has 0 radical (unpaired) electrons. The smallest absolute Gasteiger partial charge is 0.335 e. The monoisotopic (exact) mass is 488 g/mol. The lowest BCUT2D eigenvalue weighted by Gasteiger charge is -2.28. The molecule has 10 heteroatoms. The van der Waals surface area contributed by atoms with Crippen molar-refractivity contribution in [3.8, 4) is 5.75 Å². The van der Waals surface area contributed by atoms with Gasteiger partial charge in [0.1, 0.15) is 15.5 Å². The van der Waals surface area contributed by atoms with Gasteiger partial charge in [0.2, 0.25) is 0 Å². The quantitative estimate of drug-likeness (QED) is 0.451. The number of hydrogen-bond acceptors (Lipinski definition) is 6. The number of rotatable bonds is 9. The minimum Gasteiger partial charge on any atom is -0.494 e. The first-order valence-corrected chi connectivity index (χ1v) is 12.5. The molecule has 0 aliphatic heterocycles. The number of carbonyl (C=O) groups is 2. The van der Waals surface area contributed by atoms with E-state index in [0.717, 1.165) is 11.3 Å². The molecule has 1 aromatic heterocycles. The van der Waals surface area contributed by atoms with Gasteiger partial charge in [0.05, 0.1) is 17.9 Å². The molecular weight excluding hydrogens is 464 g/mol. The maximum Gasteiger partial charge on any atom is 0.335 e. The van der Waals surface area contributed by atoms with Gasteiger partial charge in [-0.3, -0.25) is 9.10 Å². The molecule has 0 aliphatic carbocycles. The zero-order valence-electron chi connectivity index (χ0n) is 18.3. The number of carbonyl (C=O) groups excluding carboxylic acids is 1. The standard InChI is InChI=1S/C23H24N2O6S2/c1-4-31-19-10-8-18(9-11-19)25(15(2)3)33(29,30)20-12-13-32-21(20)22(26)24-17-7-5-6-16(14-17)23(27)28/h5-15H,4H2,1-3H3,(H,24,26)(H,27,28). The molecule has 3 rings (SSSR count). The Kier molecular flexibility index (Phi) is 7.39. The molecule has 2 N–H and O–H groups in total. The number of hydrogen-bond donors (Lipinski definition) is 2. The van der Waals surface area contributed by atoms with Crippen LogP contribution in [0.4, 0.5) is 11.4 Å². The van der Waals surface area contributed by atoms with Crippen molar-refractivity contribution >= 4 is 44.6 Å².